The summed E-state index contributed by atoms with van der Waals surface area (Å²) in [5, 5.41) is -0.374. The first-order valence-electron chi connectivity index (χ1n) is 11.7. The summed E-state index contributed by atoms with van der Waals surface area (Å²) < 4.78 is 27.5. The van der Waals surface area contributed by atoms with Gasteiger partial charge in [0.05, 0.1) is 0 Å². The molecule has 0 nitrogen and oxygen atoms in total. The minimum Gasteiger partial charge on any atom is -0.205 e. The largest absolute Gasteiger partial charge is 0.205 e. The fraction of sp³-hybridized carbons (Fsp3) is 0.750. The summed E-state index contributed by atoms with van der Waals surface area (Å²) >= 11 is 5.62. The summed E-state index contributed by atoms with van der Waals surface area (Å²) in [5.41, 5.74) is 0.796. The number of hydrogen-bond donors (Lipinski definition) is 0. The summed E-state index contributed by atoms with van der Waals surface area (Å²) in [6, 6.07) is 7.67. The molecule has 158 valence electrons. The molecule has 0 aromatic heterocycles. The van der Waals surface area contributed by atoms with Crippen LogP contribution in [0.4, 0.5) is 8.78 Å². The number of halogens is 3. The van der Waals surface area contributed by atoms with Crippen LogP contribution in [0, 0.1) is 23.5 Å². The number of rotatable bonds is 8. The van der Waals surface area contributed by atoms with E-state index in [9.17, 15) is 8.78 Å². The molecular weight excluding hydrogens is 390 g/mol. The van der Waals surface area contributed by atoms with E-state index in [4.69, 9.17) is 11.6 Å². The van der Waals surface area contributed by atoms with Crippen LogP contribution in [0.5, 0.6) is 0 Å². The molecule has 1 aromatic rings. The first-order chi connectivity index (χ1) is 13.6. The molecule has 3 rings (SSSR count). The molecule has 0 unspecified atom stereocenters. The van der Waals surface area contributed by atoms with Gasteiger partial charge in [-0.2, -0.15) is 0 Å². The number of hydrogen-bond acceptors (Lipinski definition) is 0. The molecule has 28 heavy (non-hydrogen) atoms. The zero-order valence-electron chi connectivity index (χ0n) is 17.5. The molecule has 1 saturated heterocycles. The fourth-order valence-electron chi connectivity index (χ4n) is 5.56. The molecule has 4 heteroatoms. The van der Waals surface area contributed by atoms with Crippen LogP contribution in [0.15, 0.2) is 12.1 Å². The van der Waals surface area contributed by atoms with Crippen molar-refractivity contribution in [3.63, 3.8) is 0 Å². The van der Waals surface area contributed by atoms with Gasteiger partial charge in [0.25, 0.3) is 0 Å². The molecule has 2 aliphatic rings. The second kappa shape index (κ2) is 11.1. The SMILES string of the molecule is CCCCC[Si@H]1CC[C@H](CC[C@H]2CC[C@H](c3cc(F)c(Cl)c(F)c3)CC2)CC1. The van der Waals surface area contributed by atoms with Gasteiger partial charge in [-0.05, 0) is 61.1 Å². The maximum absolute atomic E-state index is 13.7. The summed E-state index contributed by atoms with van der Waals surface area (Å²) in [7, 11) is -0.381. The van der Waals surface area contributed by atoms with Crippen molar-refractivity contribution in [2.45, 2.75) is 102 Å². The van der Waals surface area contributed by atoms with Crippen LogP contribution in [-0.4, -0.2) is 8.80 Å². The van der Waals surface area contributed by atoms with Crippen molar-refractivity contribution in [1.82, 2.24) is 0 Å². The molecule has 0 N–H and O–H groups in total. The second-order valence-corrected chi connectivity index (χ2v) is 13.3. The molecule has 0 radical (unpaired) electrons. The molecule has 0 amide bonds. The first-order valence-corrected chi connectivity index (χ1v) is 14.5. The lowest BCUT2D eigenvalue weighted by Gasteiger charge is -2.32. The zero-order chi connectivity index (χ0) is 19.9. The first kappa shape index (κ1) is 22.3. The van der Waals surface area contributed by atoms with Gasteiger partial charge in [-0.15, -0.1) is 0 Å². The van der Waals surface area contributed by atoms with Crippen molar-refractivity contribution < 1.29 is 8.78 Å². The van der Waals surface area contributed by atoms with E-state index < -0.39 is 11.6 Å². The van der Waals surface area contributed by atoms with Crippen molar-refractivity contribution in [3.8, 4) is 0 Å². The highest BCUT2D eigenvalue weighted by atomic mass is 35.5. The Kier molecular flexibility index (Phi) is 8.84. The van der Waals surface area contributed by atoms with Gasteiger partial charge in [0.2, 0.25) is 0 Å². The lowest BCUT2D eigenvalue weighted by molar-refractivity contribution is 0.279. The molecular formula is C24H37ClF2Si. The van der Waals surface area contributed by atoms with E-state index in [2.05, 4.69) is 6.92 Å². The molecule has 0 atom stereocenters. The normalized spacial score (nSPS) is 28.4. The molecule has 1 heterocycles. The van der Waals surface area contributed by atoms with Crippen molar-refractivity contribution in [1.29, 1.82) is 0 Å². The van der Waals surface area contributed by atoms with Gasteiger partial charge >= 0.3 is 0 Å². The van der Waals surface area contributed by atoms with Crippen molar-refractivity contribution in [3.05, 3.63) is 34.4 Å². The van der Waals surface area contributed by atoms with E-state index in [1.165, 1.54) is 69.9 Å². The van der Waals surface area contributed by atoms with Gasteiger partial charge in [-0.25, -0.2) is 8.78 Å². The Morgan fingerprint density at radius 2 is 1.46 bits per heavy atom. The smallest absolute Gasteiger partial charge is 0.145 e. The molecule has 2 fully saturated rings. The second-order valence-electron chi connectivity index (χ2n) is 9.48. The van der Waals surface area contributed by atoms with Gasteiger partial charge in [-0.1, -0.05) is 81.6 Å². The van der Waals surface area contributed by atoms with Crippen LogP contribution >= 0.6 is 11.6 Å². The average molecular weight is 427 g/mol. The highest BCUT2D eigenvalue weighted by Crippen LogP contribution is 2.40. The Hall–Kier alpha value is -0.413. The van der Waals surface area contributed by atoms with Crippen LogP contribution in [0.25, 0.3) is 0 Å². The highest BCUT2D eigenvalue weighted by Gasteiger charge is 2.26. The van der Waals surface area contributed by atoms with Crippen molar-refractivity contribution in [2.75, 3.05) is 0 Å². The molecule has 1 saturated carbocycles. The van der Waals surface area contributed by atoms with E-state index in [0.29, 0.717) is 5.92 Å². The molecule has 0 spiro atoms. The fourth-order valence-corrected chi connectivity index (χ4v) is 9.29. The predicted octanol–water partition coefficient (Wildman–Crippen LogP) is 8.50. The van der Waals surface area contributed by atoms with Gasteiger partial charge in [0.15, 0.2) is 0 Å². The lowest BCUT2D eigenvalue weighted by Crippen LogP contribution is -2.22. The van der Waals surface area contributed by atoms with Crippen LogP contribution in [0.3, 0.4) is 0 Å². The van der Waals surface area contributed by atoms with Crippen LogP contribution in [0.1, 0.15) is 89.0 Å². The van der Waals surface area contributed by atoms with Crippen LogP contribution in [-0.2, 0) is 0 Å². The predicted molar refractivity (Wildman–Crippen MR) is 119 cm³/mol. The maximum Gasteiger partial charge on any atom is 0.145 e. The number of benzene rings is 1. The van der Waals surface area contributed by atoms with E-state index in [1.54, 1.807) is 18.1 Å². The third kappa shape index (κ3) is 6.29. The van der Waals surface area contributed by atoms with Crippen molar-refractivity contribution in [2.24, 2.45) is 11.8 Å². The Bertz CT molecular complexity index is 582. The highest BCUT2D eigenvalue weighted by molar-refractivity contribution is 6.58. The van der Waals surface area contributed by atoms with E-state index in [-0.39, 0.29) is 13.8 Å². The topological polar surface area (TPSA) is 0 Å². The van der Waals surface area contributed by atoms with Gasteiger partial charge < -0.3 is 0 Å². The quantitative estimate of drug-likeness (QED) is 0.222. The van der Waals surface area contributed by atoms with E-state index >= 15 is 0 Å². The molecule has 1 aliphatic heterocycles. The minimum absolute atomic E-state index is 0.294. The van der Waals surface area contributed by atoms with Gasteiger partial charge in [0, 0.05) is 8.80 Å². The Labute approximate surface area is 177 Å². The summed E-state index contributed by atoms with van der Waals surface area (Å²) in [6.45, 7) is 2.30. The number of unbranched alkanes of at least 4 members (excludes halogenated alkanes) is 2. The maximum atomic E-state index is 13.7. The van der Waals surface area contributed by atoms with E-state index in [1.807, 2.05) is 0 Å². The van der Waals surface area contributed by atoms with Crippen LogP contribution < -0.4 is 0 Å². The third-order valence-electron chi connectivity index (χ3n) is 7.49. The zero-order valence-corrected chi connectivity index (χ0v) is 19.4. The average Bonchev–Trinajstić information content (AvgIpc) is 2.71. The monoisotopic (exact) mass is 426 g/mol. The summed E-state index contributed by atoms with van der Waals surface area (Å²) in [4.78, 5) is 0. The van der Waals surface area contributed by atoms with Gasteiger partial charge in [-0.3, -0.25) is 0 Å². The Morgan fingerprint density at radius 3 is 2.04 bits per heavy atom. The van der Waals surface area contributed by atoms with E-state index in [0.717, 1.165) is 30.2 Å². The third-order valence-corrected chi connectivity index (χ3v) is 11.4. The minimum atomic E-state index is -0.618. The molecule has 1 aromatic carbocycles. The Balaban J connectivity index is 1.35. The Morgan fingerprint density at radius 1 is 0.893 bits per heavy atom. The molecule has 0 bridgehead atoms. The standard InChI is InChI=1S/C24H37ClF2Si/c1-2-3-4-13-28-14-11-19(12-15-28)6-5-18-7-9-20(10-8-18)21-16-22(26)24(25)23(27)17-21/h16-20,28H,2-15H2,1H3/t18-,19-,20-,28-. The molecule has 1 aliphatic carbocycles. The van der Waals surface area contributed by atoms with Crippen LogP contribution in [0.2, 0.25) is 23.2 Å². The lowest BCUT2D eigenvalue weighted by atomic mass is 9.76. The van der Waals surface area contributed by atoms with Gasteiger partial charge in [0.1, 0.15) is 16.7 Å². The summed E-state index contributed by atoms with van der Waals surface area (Å²) in [5.74, 6) is 0.854. The van der Waals surface area contributed by atoms with Crippen molar-refractivity contribution >= 4 is 20.4 Å². The summed E-state index contributed by atoms with van der Waals surface area (Å²) in [6.07, 6.45) is 14.6.